The standard InChI is InChI=1S/C25H27N3O2.2ClH/c1-30-24-15-9-8-14-23(24)27-18-16-26(17-19-27)20-25(29)28(21-10-4-2-5-11-21)22-12-6-3-7-13-22;;/h2-15H,16-20H2,1H3;2*1H. The van der Waals surface area contributed by atoms with Crippen LogP contribution in [0.3, 0.4) is 0 Å². The third-order valence-electron chi connectivity index (χ3n) is 5.44. The molecule has 5 nitrogen and oxygen atoms in total. The van der Waals surface area contributed by atoms with Crippen molar-refractivity contribution in [3.05, 3.63) is 84.9 Å². The number of halogens is 2. The second-order valence-corrected chi connectivity index (χ2v) is 7.34. The van der Waals surface area contributed by atoms with E-state index in [-0.39, 0.29) is 30.7 Å². The quantitative estimate of drug-likeness (QED) is 0.503. The third-order valence-corrected chi connectivity index (χ3v) is 5.44. The van der Waals surface area contributed by atoms with Crippen molar-refractivity contribution in [1.29, 1.82) is 0 Å². The van der Waals surface area contributed by atoms with E-state index in [1.165, 1.54) is 0 Å². The van der Waals surface area contributed by atoms with E-state index < -0.39 is 0 Å². The van der Waals surface area contributed by atoms with Crippen molar-refractivity contribution in [2.45, 2.75) is 0 Å². The van der Waals surface area contributed by atoms with Gasteiger partial charge in [-0.05, 0) is 36.4 Å². The molecular weight excluding hydrogens is 445 g/mol. The molecule has 3 aromatic rings. The fourth-order valence-electron chi connectivity index (χ4n) is 3.89. The van der Waals surface area contributed by atoms with Gasteiger partial charge in [-0.3, -0.25) is 14.6 Å². The smallest absolute Gasteiger partial charge is 0.245 e. The minimum Gasteiger partial charge on any atom is -0.495 e. The highest BCUT2D eigenvalue weighted by Gasteiger charge is 2.24. The Bertz CT molecular complexity index is 926. The third kappa shape index (κ3) is 5.94. The molecule has 7 heteroatoms. The van der Waals surface area contributed by atoms with Gasteiger partial charge >= 0.3 is 0 Å². The van der Waals surface area contributed by atoms with Crippen molar-refractivity contribution in [3.8, 4) is 5.75 Å². The number of rotatable bonds is 6. The van der Waals surface area contributed by atoms with Crippen LogP contribution >= 0.6 is 24.8 Å². The summed E-state index contributed by atoms with van der Waals surface area (Å²) in [4.78, 5) is 19.7. The Morgan fingerprint density at radius 2 is 1.28 bits per heavy atom. The van der Waals surface area contributed by atoms with Crippen molar-refractivity contribution in [2.24, 2.45) is 0 Å². The molecule has 32 heavy (non-hydrogen) atoms. The summed E-state index contributed by atoms with van der Waals surface area (Å²) in [5.74, 6) is 0.972. The van der Waals surface area contributed by atoms with Gasteiger partial charge in [-0.1, -0.05) is 48.5 Å². The minimum atomic E-state index is 0. The fourth-order valence-corrected chi connectivity index (χ4v) is 3.89. The molecule has 0 spiro atoms. The van der Waals surface area contributed by atoms with Crippen molar-refractivity contribution in [1.82, 2.24) is 4.90 Å². The van der Waals surface area contributed by atoms with E-state index in [0.717, 1.165) is 49.0 Å². The van der Waals surface area contributed by atoms with Gasteiger partial charge in [-0.25, -0.2) is 0 Å². The monoisotopic (exact) mass is 473 g/mol. The first-order valence-electron chi connectivity index (χ1n) is 10.3. The number of hydrogen-bond acceptors (Lipinski definition) is 4. The molecule has 1 saturated heterocycles. The maximum atomic E-state index is 13.3. The molecule has 3 aromatic carbocycles. The number of nitrogens with zero attached hydrogens (tertiary/aromatic N) is 3. The number of ether oxygens (including phenoxy) is 1. The molecule has 0 aliphatic carbocycles. The highest BCUT2D eigenvalue weighted by Crippen LogP contribution is 2.29. The van der Waals surface area contributed by atoms with E-state index in [1.54, 1.807) is 7.11 Å². The lowest BCUT2D eigenvalue weighted by Crippen LogP contribution is -2.49. The Labute approximate surface area is 202 Å². The van der Waals surface area contributed by atoms with Crippen molar-refractivity contribution in [2.75, 3.05) is 49.6 Å². The van der Waals surface area contributed by atoms with Crippen molar-refractivity contribution >= 4 is 47.8 Å². The van der Waals surface area contributed by atoms with Gasteiger partial charge in [0.05, 0.1) is 19.3 Å². The number of methoxy groups -OCH3 is 1. The Balaban J connectivity index is 0.00000181. The lowest BCUT2D eigenvalue weighted by atomic mass is 10.2. The predicted octanol–water partition coefficient (Wildman–Crippen LogP) is 5.03. The molecule has 1 amide bonds. The molecule has 170 valence electrons. The second-order valence-electron chi connectivity index (χ2n) is 7.34. The number of carbonyl (C=O) groups is 1. The second kappa shape index (κ2) is 12.3. The van der Waals surface area contributed by atoms with Gasteiger partial charge in [0.2, 0.25) is 5.91 Å². The number of amides is 1. The van der Waals surface area contributed by atoms with Crippen LogP contribution < -0.4 is 14.5 Å². The molecule has 0 atom stereocenters. The molecule has 4 rings (SSSR count). The Morgan fingerprint density at radius 1 is 0.781 bits per heavy atom. The predicted molar refractivity (Wildman–Crippen MR) is 136 cm³/mol. The number of hydrogen-bond donors (Lipinski definition) is 0. The van der Waals surface area contributed by atoms with Gasteiger partial charge < -0.3 is 9.64 Å². The summed E-state index contributed by atoms with van der Waals surface area (Å²) in [5, 5.41) is 0. The molecule has 0 bridgehead atoms. The van der Waals surface area contributed by atoms with E-state index in [1.807, 2.05) is 83.8 Å². The zero-order valence-electron chi connectivity index (χ0n) is 18.1. The molecule has 0 radical (unpaired) electrons. The summed E-state index contributed by atoms with van der Waals surface area (Å²) in [7, 11) is 1.70. The summed E-state index contributed by atoms with van der Waals surface area (Å²) in [5.41, 5.74) is 2.89. The molecule has 0 aromatic heterocycles. The van der Waals surface area contributed by atoms with Crippen LogP contribution in [-0.4, -0.2) is 50.6 Å². The Kier molecular flexibility index (Phi) is 9.85. The minimum absolute atomic E-state index is 0. The van der Waals surface area contributed by atoms with E-state index in [0.29, 0.717) is 6.54 Å². The largest absolute Gasteiger partial charge is 0.495 e. The van der Waals surface area contributed by atoms with Crippen molar-refractivity contribution in [3.63, 3.8) is 0 Å². The van der Waals surface area contributed by atoms with Crippen molar-refractivity contribution < 1.29 is 9.53 Å². The van der Waals surface area contributed by atoms with E-state index in [4.69, 9.17) is 4.74 Å². The number of para-hydroxylation sites is 4. The molecule has 1 fully saturated rings. The summed E-state index contributed by atoms with van der Waals surface area (Å²) in [6.07, 6.45) is 0. The Morgan fingerprint density at radius 3 is 1.81 bits per heavy atom. The maximum absolute atomic E-state index is 13.3. The van der Waals surface area contributed by atoms with Gasteiger partial charge in [-0.2, -0.15) is 0 Å². The highest BCUT2D eigenvalue weighted by atomic mass is 35.5. The first-order chi connectivity index (χ1) is 14.8. The average molecular weight is 474 g/mol. The van der Waals surface area contributed by atoms with Gasteiger partial charge in [-0.15, -0.1) is 24.8 Å². The van der Waals surface area contributed by atoms with Gasteiger partial charge in [0, 0.05) is 37.6 Å². The SMILES string of the molecule is COc1ccccc1N1CCN(CC(=O)N(c2ccccc2)c2ccccc2)CC1.Cl.Cl. The first-order valence-corrected chi connectivity index (χ1v) is 10.3. The van der Waals surface area contributed by atoms with Crippen LogP contribution in [0, 0.1) is 0 Å². The van der Waals surface area contributed by atoms with E-state index in [9.17, 15) is 4.79 Å². The molecule has 0 unspecified atom stereocenters. The maximum Gasteiger partial charge on any atom is 0.245 e. The summed E-state index contributed by atoms with van der Waals surface area (Å²) in [6.45, 7) is 3.79. The fraction of sp³-hybridized carbons (Fsp3) is 0.240. The summed E-state index contributed by atoms with van der Waals surface area (Å²) in [6, 6.07) is 27.8. The van der Waals surface area contributed by atoms with Crippen LogP contribution in [-0.2, 0) is 4.79 Å². The first kappa shape index (κ1) is 25.5. The molecule has 0 N–H and O–H groups in total. The number of benzene rings is 3. The summed E-state index contributed by atoms with van der Waals surface area (Å²) >= 11 is 0. The van der Waals surface area contributed by atoms with Crippen LogP contribution in [0.4, 0.5) is 17.1 Å². The zero-order chi connectivity index (χ0) is 20.8. The average Bonchev–Trinajstić information content (AvgIpc) is 2.81. The van der Waals surface area contributed by atoms with Crippen LogP contribution in [0.1, 0.15) is 0 Å². The van der Waals surface area contributed by atoms with Crippen LogP contribution in [0.25, 0.3) is 0 Å². The molecule has 1 aliphatic heterocycles. The Hall–Kier alpha value is -2.73. The number of piperazine rings is 1. The topological polar surface area (TPSA) is 36.0 Å². The molecule has 1 aliphatic rings. The summed E-state index contributed by atoms with van der Waals surface area (Å²) < 4.78 is 5.50. The van der Waals surface area contributed by atoms with Crippen LogP contribution in [0.15, 0.2) is 84.9 Å². The number of carbonyl (C=O) groups excluding carboxylic acids is 1. The van der Waals surface area contributed by atoms with E-state index in [2.05, 4.69) is 15.9 Å². The van der Waals surface area contributed by atoms with Gasteiger partial charge in [0.15, 0.2) is 0 Å². The molecule has 1 heterocycles. The highest BCUT2D eigenvalue weighted by molar-refractivity contribution is 6.01. The number of anilines is 3. The van der Waals surface area contributed by atoms with E-state index >= 15 is 0 Å². The van der Waals surface area contributed by atoms with Crippen LogP contribution in [0.2, 0.25) is 0 Å². The molecular formula is C25H29Cl2N3O2. The molecule has 0 saturated carbocycles. The van der Waals surface area contributed by atoms with Gasteiger partial charge in [0.25, 0.3) is 0 Å². The normalized spacial score (nSPS) is 13.5. The van der Waals surface area contributed by atoms with Crippen LogP contribution in [0.5, 0.6) is 5.75 Å². The lowest BCUT2D eigenvalue weighted by Gasteiger charge is -2.37. The lowest BCUT2D eigenvalue weighted by molar-refractivity contribution is -0.119. The van der Waals surface area contributed by atoms with Gasteiger partial charge in [0.1, 0.15) is 5.75 Å². The zero-order valence-corrected chi connectivity index (χ0v) is 19.7.